The minimum Gasteiger partial charge on any atom is -0.481 e. The van der Waals surface area contributed by atoms with E-state index in [0.29, 0.717) is 0 Å². The summed E-state index contributed by atoms with van der Waals surface area (Å²) in [4.78, 5) is 34.7. The molecule has 6 nitrogen and oxygen atoms in total. The molecule has 0 aliphatic heterocycles. The standard InChI is InChI=1S/C22H38N2O4S2/c1-3-4-5-6-7-8-9-10-11-12-15-29-21(28)30-16-18(20(24)27)22(2,17-23)14-13-19(25)26/h18H,3-16H2,1-2H3,(H2,24,27)(H,25,26). The monoisotopic (exact) mass is 458 g/mol. The van der Waals surface area contributed by atoms with Crippen LogP contribution in [0.1, 0.15) is 90.9 Å². The van der Waals surface area contributed by atoms with Gasteiger partial charge in [-0.2, -0.15) is 5.26 Å². The van der Waals surface area contributed by atoms with E-state index in [1.807, 2.05) is 6.07 Å². The third-order valence-corrected chi connectivity index (χ3v) is 7.48. The largest absolute Gasteiger partial charge is 0.481 e. The van der Waals surface area contributed by atoms with E-state index in [1.165, 1.54) is 70.1 Å². The van der Waals surface area contributed by atoms with Gasteiger partial charge in [0.25, 0.3) is 0 Å². The van der Waals surface area contributed by atoms with E-state index >= 15 is 0 Å². The molecular formula is C22H38N2O4S2. The molecule has 0 bridgehead atoms. The van der Waals surface area contributed by atoms with E-state index in [4.69, 9.17) is 10.8 Å². The van der Waals surface area contributed by atoms with Gasteiger partial charge in [-0.3, -0.25) is 14.4 Å². The van der Waals surface area contributed by atoms with Crippen molar-refractivity contribution in [3.63, 3.8) is 0 Å². The number of nitrogens with zero attached hydrogens (tertiary/aromatic N) is 1. The maximum absolute atomic E-state index is 12.1. The number of rotatable bonds is 18. The van der Waals surface area contributed by atoms with Gasteiger partial charge in [-0.1, -0.05) is 88.2 Å². The summed E-state index contributed by atoms with van der Waals surface area (Å²) in [7, 11) is 0. The van der Waals surface area contributed by atoms with Gasteiger partial charge < -0.3 is 10.8 Å². The zero-order valence-electron chi connectivity index (χ0n) is 18.5. The quantitative estimate of drug-likeness (QED) is 0.242. The van der Waals surface area contributed by atoms with E-state index < -0.39 is 23.2 Å². The van der Waals surface area contributed by atoms with Crippen LogP contribution in [0.5, 0.6) is 0 Å². The molecule has 0 heterocycles. The van der Waals surface area contributed by atoms with Crippen molar-refractivity contribution in [1.82, 2.24) is 0 Å². The molecule has 0 radical (unpaired) electrons. The number of primary amides is 1. The van der Waals surface area contributed by atoms with E-state index in [1.54, 1.807) is 0 Å². The van der Waals surface area contributed by atoms with Crippen LogP contribution in [-0.2, 0) is 9.59 Å². The third-order valence-electron chi connectivity index (χ3n) is 5.31. The first kappa shape index (κ1) is 28.8. The number of carboxylic acid groups (broad SMARTS) is 1. The van der Waals surface area contributed by atoms with E-state index in [2.05, 4.69) is 6.92 Å². The van der Waals surface area contributed by atoms with Crippen molar-refractivity contribution < 1.29 is 19.5 Å². The number of hydrogen-bond donors (Lipinski definition) is 2. The molecule has 0 aromatic carbocycles. The fraction of sp³-hybridized carbons (Fsp3) is 0.818. The summed E-state index contributed by atoms with van der Waals surface area (Å²) in [5.41, 5.74) is 4.24. The van der Waals surface area contributed by atoms with Gasteiger partial charge in [0, 0.05) is 17.9 Å². The highest BCUT2D eigenvalue weighted by Gasteiger charge is 2.39. The molecule has 0 fully saturated rings. The summed E-state index contributed by atoms with van der Waals surface area (Å²) >= 11 is 2.23. The van der Waals surface area contributed by atoms with Crippen molar-refractivity contribution in [2.24, 2.45) is 17.1 Å². The van der Waals surface area contributed by atoms with Gasteiger partial charge in [0.2, 0.25) is 10.4 Å². The topological polar surface area (TPSA) is 121 Å². The predicted octanol–water partition coefficient (Wildman–Crippen LogP) is 5.99. The number of hydrogen-bond acceptors (Lipinski definition) is 6. The number of nitrogens with two attached hydrogens (primary N) is 1. The molecule has 0 saturated heterocycles. The SMILES string of the molecule is CCCCCCCCCCCCSC(=O)SCC(C(N)=O)C(C)(C#N)CCC(=O)O. The number of carbonyl (C=O) groups excluding carboxylic acids is 2. The first-order valence-corrected chi connectivity index (χ1v) is 13.0. The Hall–Kier alpha value is -1.20. The first-order chi connectivity index (χ1) is 14.3. The molecule has 0 aliphatic rings. The second kappa shape index (κ2) is 17.5. The Morgan fingerprint density at radius 3 is 2.00 bits per heavy atom. The zero-order chi connectivity index (χ0) is 22.8. The van der Waals surface area contributed by atoms with Gasteiger partial charge in [0.05, 0.1) is 17.4 Å². The Labute approximate surface area is 190 Å². The lowest BCUT2D eigenvalue weighted by molar-refractivity contribution is -0.138. The van der Waals surface area contributed by atoms with Crippen LogP contribution in [0.15, 0.2) is 0 Å². The minimum absolute atomic E-state index is 0.0208. The number of carbonyl (C=O) groups is 3. The summed E-state index contributed by atoms with van der Waals surface area (Å²) in [6.45, 7) is 3.76. The zero-order valence-corrected chi connectivity index (χ0v) is 20.1. The Kier molecular flexibility index (Phi) is 16.8. The summed E-state index contributed by atoms with van der Waals surface area (Å²) in [5.74, 6) is -1.73. The van der Waals surface area contributed by atoms with Crippen LogP contribution in [0.2, 0.25) is 0 Å². The van der Waals surface area contributed by atoms with Crippen LogP contribution >= 0.6 is 23.5 Å². The molecular weight excluding hydrogens is 420 g/mol. The van der Waals surface area contributed by atoms with E-state index in [0.717, 1.165) is 30.4 Å². The van der Waals surface area contributed by atoms with Gasteiger partial charge in [0.1, 0.15) is 0 Å². The van der Waals surface area contributed by atoms with Crippen LogP contribution in [-0.4, -0.2) is 32.9 Å². The number of carboxylic acids is 1. The van der Waals surface area contributed by atoms with Crippen molar-refractivity contribution in [1.29, 1.82) is 5.26 Å². The summed E-state index contributed by atoms with van der Waals surface area (Å²) in [5, 5.41) is 18.3. The van der Waals surface area contributed by atoms with Crippen LogP contribution in [0.25, 0.3) is 0 Å². The van der Waals surface area contributed by atoms with Crippen LogP contribution in [0, 0.1) is 22.7 Å². The summed E-state index contributed by atoms with van der Waals surface area (Å²) < 4.78 is -0.0873. The van der Waals surface area contributed by atoms with Gasteiger partial charge >= 0.3 is 5.97 Å². The highest BCUT2D eigenvalue weighted by atomic mass is 32.2. The Morgan fingerprint density at radius 2 is 1.53 bits per heavy atom. The van der Waals surface area contributed by atoms with Crippen molar-refractivity contribution in [2.45, 2.75) is 90.9 Å². The fourth-order valence-corrected chi connectivity index (χ4v) is 5.33. The smallest absolute Gasteiger partial charge is 0.303 e. The Balaban J connectivity index is 4.05. The first-order valence-electron chi connectivity index (χ1n) is 11.0. The van der Waals surface area contributed by atoms with Crippen LogP contribution in [0.3, 0.4) is 0 Å². The molecule has 0 aliphatic carbocycles. The Bertz CT molecular complexity index is 566. The van der Waals surface area contributed by atoms with Crippen molar-refractivity contribution in [3.8, 4) is 6.07 Å². The number of thioether (sulfide) groups is 2. The maximum Gasteiger partial charge on any atom is 0.303 e. The highest BCUT2D eigenvalue weighted by Crippen LogP contribution is 2.35. The fourth-order valence-electron chi connectivity index (χ4n) is 3.19. The normalized spacial score (nSPS) is 13.9. The lowest BCUT2D eigenvalue weighted by atomic mass is 9.75. The average molecular weight is 459 g/mol. The molecule has 30 heavy (non-hydrogen) atoms. The van der Waals surface area contributed by atoms with Gasteiger partial charge in [-0.05, 0) is 19.8 Å². The molecule has 0 aromatic rings. The molecule has 0 saturated carbocycles. The second-order valence-electron chi connectivity index (χ2n) is 7.97. The van der Waals surface area contributed by atoms with E-state index in [-0.39, 0.29) is 23.0 Å². The van der Waals surface area contributed by atoms with Crippen molar-refractivity contribution in [3.05, 3.63) is 0 Å². The highest BCUT2D eigenvalue weighted by molar-refractivity contribution is 8.38. The molecule has 0 spiro atoms. The van der Waals surface area contributed by atoms with Gasteiger partial charge in [0.15, 0.2) is 0 Å². The van der Waals surface area contributed by atoms with Crippen molar-refractivity contribution >= 4 is 39.8 Å². The van der Waals surface area contributed by atoms with Crippen molar-refractivity contribution in [2.75, 3.05) is 11.5 Å². The van der Waals surface area contributed by atoms with Gasteiger partial charge in [-0.15, -0.1) is 0 Å². The molecule has 2 atom stereocenters. The lowest BCUT2D eigenvalue weighted by Gasteiger charge is -2.28. The molecule has 172 valence electrons. The predicted molar refractivity (Wildman–Crippen MR) is 125 cm³/mol. The summed E-state index contributed by atoms with van der Waals surface area (Å²) in [6.07, 6.45) is 12.3. The third kappa shape index (κ3) is 13.9. The number of aliphatic carboxylic acids is 1. The minimum atomic E-state index is -1.20. The molecule has 0 aromatic heterocycles. The molecule has 1 amide bonds. The maximum atomic E-state index is 12.1. The number of nitriles is 1. The second-order valence-corrected chi connectivity index (χ2v) is 10.3. The number of amides is 1. The molecule has 0 rings (SSSR count). The number of unbranched alkanes of at least 4 members (excludes halogenated alkanes) is 9. The molecule has 2 unspecified atom stereocenters. The molecule has 3 N–H and O–H groups in total. The summed E-state index contributed by atoms with van der Waals surface area (Å²) in [6, 6.07) is 2.03. The lowest BCUT2D eigenvalue weighted by Crippen LogP contribution is -2.39. The van der Waals surface area contributed by atoms with Gasteiger partial charge in [-0.25, -0.2) is 0 Å². The average Bonchev–Trinajstić information content (AvgIpc) is 2.70. The van der Waals surface area contributed by atoms with Crippen LogP contribution < -0.4 is 5.73 Å². The van der Waals surface area contributed by atoms with Crippen LogP contribution in [0.4, 0.5) is 4.79 Å². The Morgan fingerprint density at radius 1 is 1.00 bits per heavy atom. The molecule has 8 heteroatoms. The van der Waals surface area contributed by atoms with E-state index in [9.17, 15) is 19.6 Å².